The number of nitrogens with one attached hydrogen (secondary N) is 1. The van der Waals surface area contributed by atoms with E-state index in [1.54, 1.807) is 13.8 Å². The van der Waals surface area contributed by atoms with Crippen LogP contribution in [-0.2, 0) is 19.1 Å². The minimum Gasteiger partial charge on any atom is -0.481 e. The zero-order valence-corrected chi connectivity index (χ0v) is 19.1. The summed E-state index contributed by atoms with van der Waals surface area (Å²) in [5.41, 5.74) is 4.44. The number of hydrogen-bond donors (Lipinski definition) is 2. The summed E-state index contributed by atoms with van der Waals surface area (Å²) in [6, 6.07) is 14.8. The number of amides is 2. The van der Waals surface area contributed by atoms with Crippen molar-refractivity contribution in [3.05, 3.63) is 59.7 Å². The Morgan fingerprint density at radius 2 is 1.61 bits per heavy atom. The molecule has 0 aromatic heterocycles. The van der Waals surface area contributed by atoms with Crippen LogP contribution in [-0.4, -0.2) is 66.9 Å². The molecule has 0 fully saturated rings. The second-order valence-electron chi connectivity index (χ2n) is 8.25. The van der Waals surface area contributed by atoms with E-state index in [-0.39, 0.29) is 38.1 Å². The number of alkyl carbamates (subject to hydrolysis) is 1. The van der Waals surface area contributed by atoms with Crippen LogP contribution in [0, 0.1) is 0 Å². The lowest BCUT2D eigenvalue weighted by atomic mass is 9.98. The number of benzene rings is 2. The summed E-state index contributed by atoms with van der Waals surface area (Å²) in [7, 11) is 1.43. The Morgan fingerprint density at radius 1 is 1.03 bits per heavy atom. The molecular formula is C25H30N2O6. The van der Waals surface area contributed by atoms with Crippen molar-refractivity contribution < 1.29 is 29.0 Å². The second-order valence-corrected chi connectivity index (χ2v) is 8.25. The SMILES string of the molecule is COCC(NC(=O)OCC1c2ccccc2-c2ccccc21)C(=O)N(CCC(=O)O)C(C)C. The fourth-order valence-electron chi connectivity index (χ4n) is 4.16. The Morgan fingerprint density at radius 3 is 2.12 bits per heavy atom. The lowest BCUT2D eigenvalue weighted by Gasteiger charge is -2.30. The van der Waals surface area contributed by atoms with Crippen LogP contribution in [0.15, 0.2) is 48.5 Å². The molecule has 0 saturated carbocycles. The molecule has 0 radical (unpaired) electrons. The van der Waals surface area contributed by atoms with Gasteiger partial charge >= 0.3 is 12.1 Å². The van der Waals surface area contributed by atoms with Gasteiger partial charge in [0.05, 0.1) is 13.0 Å². The number of fused-ring (bicyclic) bond motifs is 3. The van der Waals surface area contributed by atoms with Crippen molar-refractivity contribution in [3.63, 3.8) is 0 Å². The predicted octanol–water partition coefficient (Wildman–Crippen LogP) is 3.25. The van der Waals surface area contributed by atoms with Crippen LogP contribution in [0.4, 0.5) is 4.79 Å². The molecule has 8 nitrogen and oxygen atoms in total. The van der Waals surface area contributed by atoms with E-state index in [0.29, 0.717) is 0 Å². The Kier molecular flexibility index (Phi) is 8.06. The van der Waals surface area contributed by atoms with Crippen LogP contribution in [0.1, 0.15) is 37.3 Å². The van der Waals surface area contributed by atoms with Gasteiger partial charge in [0.2, 0.25) is 5.91 Å². The number of carbonyl (C=O) groups is 3. The van der Waals surface area contributed by atoms with Gasteiger partial charge in [-0.15, -0.1) is 0 Å². The monoisotopic (exact) mass is 454 g/mol. The molecule has 0 spiro atoms. The zero-order valence-electron chi connectivity index (χ0n) is 19.1. The van der Waals surface area contributed by atoms with E-state index in [2.05, 4.69) is 17.4 Å². The standard InChI is InChI=1S/C25H30N2O6/c1-16(2)27(13-12-23(28)29)24(30)22(15-32-3)26-25(31)33-14-21-19-10-6-4-8-17(19)18-9-5-7-11-20(18)21/h4-11,16,21-22H,12-15H2,1-3H3,(H,26,31)(H,28,29). The highest BCUT2D eigenvalue weighted by atomic mass is 16.5. The van der Waals surface area contributed by atoms with E-state index < -0.39 is 24.0 Å². The molecule has 176 valence electrons. The molecule has 1 atom stereocenters. The molecule has 1 unspecified atom stereocenters. The first-order valence-corrected chi connectivity index (χ1v) is 11.0. The third-order valence-corrected chi connectivity index (χ3v) is 5.74. The van der Waals surface area contributed by atoms with E-state index in [9.17, 15) is 14.4 Å². The molecule has 0 bridgehead atoms. The zero-order chi connectivity index (χ0) is 24.0. The van der Waals surface area contributed by atoms with Crippen LogP contribution in [0.25, 0.3) is 11.1 Å². The van der Waals surface area contributed by atoms with Gasteiger partial charge in [-0.1, -0.05) is 48.5 Å². The predicted molar refractivity (Wildman–Crippen MR) is 123 cm³/mol. The largest absolute Gasteiger partial charge is 0.481 e. The van der Waals surface area contributed by atoms with Gasteiger partial charge in [-0.25, -0.2) is 4.79 Å². The van der Waals surface area contributed by atoms with E-state index in [0.717, 1.165) is 22.3 Å². The van der Waals surface area contributed by atoms with Crippen molar-refractivity contribution in [2.75, 3.05) is 26.9 Å². The van der Waals surface area contributed by atoms with Gasteiger partial charge in [-0.2, -0.15) is 0 Å². The number of aliphatic carboxylic acids is 1. The van der Waals surface area contributed by atoms with E-state index >= 15 is 0 Å². The molecule has 1 aliphatic carbocycles. The van der Waals surface area contributed by atoms with Crippen molar-refractivity contribution in [2.45, 2.75) is 38.3 Å². The summed E-state index contributed by atoms with van der Waals surface area (Å²) in [6.07, 6.45) is -0.914. The molecule has 3 rings (SSSR count). The smallest absolute Gasteiger partial charge is 0.407 e. The molecule has 33 heavy (non-hydrogen) atoms. The van der Waals surface area contributed by atoms with Crippen LogP contribution in [0.5, 0.6) is 0 Å². The van der Waals surface area contributed by atoms with E-state index in [1.807, 2.05) is 36.4 Å². The molecule has 2 N–H and O–H groups in total. The number of rotatable bonds is 10. The van der Waals surface area contributed by atoms with Gasteiger partial charge in [0.1, 0.15) is 12.6 Å². The summed E-state index contributed by atoms with van der Waals surface area (Å²) >= 11 is 0. The summed E-state index contributed by atoms with van der Waals surface area (Å²) in [5, 5.41) is 11.6. The van der Waals surface area contributed by atoms with Gasteiger partial charge in [0, 0.05) is 25.6 Å². The molecule has 0 aliphatic heterocycles. The summed E-state index contributed by atoms with van der Waals surface area (Å²) < 4.78 is 10.7. The van der Waals surface area contributed by atoms with E-state index in [1.165, 1.54) is 12.0 Å². The van der Waals surface area contributed by atoms with Crippen LogP contribution < -0.4 is 5.32 Å². The number of methoxy groups -OCH3 is 1. The summed E-state index contributed by atoms with van der Waals surface area (Å²) in [6.45, 7) is 3.69. The first-order valence-electron chi connectivity index (χ1n) is 11.0. The van der Waals surface area contributed by atoms with Crippen LogP contribution in [0.3, 0.4) is 0 Å². The van der Waals surface area contributed by atoms with Crippen molar-refractivity contribution in [1.82, 2.24) is 10.2 Å². The highest BCUT2D eigenvalue weighted by Gasteiger charge is 2.31. The number of hydrogen-bond acceptors (Lipinski definition) is 5. The van der Waals surface area contributed by atoms with Crippen molar-refractivity contribution in [2.24, 2.45) is 0 Å². The Balaban J connectivity index is 1.67. The van der Waals surface area contributed by atoms with Gasteiger partial charge in [0.25, 0.3) is 0 Å². The Bertz CT molecular complexity index is 960. The van der Waals surface area contributed by atoms with Crippen molar-refractivity contribution in [3.8, 4) is 11.1 Å². The average molecular weight is 455 g/mol. The fourth-order valence-corrected chi connectivity index (χ4v) is 4.16. The minimum atomic E-state index is -0.999. The summed E-state index contributed by atoms with van der Waals surface area (Å²) in [5.74, 6) is -1.51. The third kappa shape index (κ3) is 5.70. The quantitative estimate of drug-likeness (QED) is 0.571. The molecule has 8 heteroatoms. The van der Waals surface area contributed by atoms with Gasteiger partial charge < -0.3 is 24.8 Å². The highest BCUT2D eigenvalue weighted by Crippen LogP contribution is 2.44. The minimum absolute atomic E-state index is 0.0401. The number of carbonyl (C=O) groups excluding carboxylic acids is 2. The second kappa shape index (κ2) is 11.0. The van der Waals surface area contributed by atoms with E-state index in [4.69, 9.17) is 14.6 Å². The van der Waals surface area contributed by atoms with Crippen LogP contribution in [0.2, 0.25) is 0 Å². The maximum atomic E-state index is 13.0. The molecule has 1 aliphatic rings. The third-order valence-electron chi connectivity index (χ3n) is 5.74. The number of ether oxygens (including phenoxy) is 2. The van der Waals surface area contributed by atoms with Gasteiger partial charge in [-0.05, 0) is 36.1 Å². The number of nitrogens with zero attached hydrogens (tertiary/aromatic N) is 1. The number of carboxylic acids is 1. The molecule has 2 amide bonds. The normalized spacial score (nSPS) is 13.2. The molecule has 0 heterocycles. The molecular weight excluding hydrogens is 424 g/mol. The maximum Gasteiger partial charge on any atom is 0.407 e. The Labute approximate surface area is 193 Å². The Hall–Kier alpha value is -3.39. The average Bonchev–Trinajstić information content (AvgIpc) is 3.11. The van der Waals surface area contributed by atoms with Gasteiger partial charge in [-0.3, -0.25) is 9.59 Å². The fraction of sp³-hybridized carbons (Fsp3) is 0.400. The number of carboxylic acid groups (broad SMARTS) is 1. The lowest BCUT2D eigenvalue weighted by molar-refractivity contribution is -0.140. The molecule has 2 aromatic carbocycles. The highest BCUT2D eigenvalue weighted by molar-refractivity contribution is 5.86. The van der Waals surface area contributed by atoms with Crippen molar-refractivity contribution in [1.29, 1.82) is 0 Å². The van der Waals surface area contributed by atoms with Gasteiger partial charge in [0.15, 0.2) is 0 Å². The molecule has 0 saturated heterocycles. The first-order chi connectivity index (χ1) is 15.8. The molecule has 2 aromatic rings. The lowest BCUT2D eigenvalue weighted by Crippen LogP contribution is -2.53. The summed E-state index contributed by atoms with van der Waals surface area (Å²) in [4.78, 5) is 38.0. The van der Waals surface area contributed by atoms with Crippen LogP contribution >= 0.6 is 0 Å². The van der Waals surface area contributed by atoms with Crippen molar-refractivity contribution >= 4 is 18.0 Å². The maximum absolute atomic E-state index is 13.0. The first kappa shape index (κ1) is 24.3. The topological polar surface area (TPSA) is 105 Å².